The van der Waals surface area contributed by atoms with Gasteiger partial charge >= 0.3 is 0 Å². The van der Waals surface area contributed by atoms with Gasteiger partial charge in [-0.3, -0.25) is 0 Å². The van der Waals surface area contributed by atoms with Crippen LogP contribution in [0.5, 0.6) is 5.75 Å². The molecule has 0 radical (unpaired) electrons. The predicted molar refractivity (Wildman–Crippen MR) is 101 cm³/mol. The lowest BCUT2D eigenvalue weighted by Gasteiger charge is -2.37. The minimum Gasteiger partial charge on any atom is -0.495 e. The van der Waals surface area contributed by atoms with Crippen LogP contribution in [0.2, 0.25) is 0 Å². The summed E-state index contributed by atoms with van der Waals surface area (Å²) in [6.45, 7) is 6.36. The first-order chi connectivity index (χ1) is 11.3. The fourth-order valence-electron chi connectivity index (χ4n) is 3.37. The number of aryl methyl sites for hydroxylation is 2. The van der Waals surface area contributed by atoms with Crippen LogP contribution in [0.1, 0.15) is 24.0 Å². The Labute approximate surface area is 157 Å². The van der Waals surface area contributed by atoms with Gasteiger partial charge in [-0.2, -0.15) is 0 Å². The number of benzene rings is 1. The third kappa shape index (κ3) is 5.31. The molecule has 0 atom stereocenters. The molecular formula is C17H29ClN2O4S. The molecule has 8 heteroatoms. The molecule has 0 amide bonds. The second kappa shape index (κ2) is 9.19. The minimum atomic E-state index is -3.66. The number of hydrogen-bond donors (Lipinski definition) is 2. The molecule has 25 heavy (non-hydrogen) atoms. The first-order valence-electron chi connectivity index (χ1n) is 8.18. The summed E-state index contributed by atoms with van der Waals surface area (Å²) in [7, 11) is -0.507. The molecule has 2 rings (SSSR count). The molecule has 2 N–H and O–H groups in total. The summed E-state index contributed by atoms with van der Waals surface area (Å²) in [4.78, 5) is 0.220. The Balaban J connectivity index is 0.00000312. The van der Waals surface area contributed by atoms with Crippen molar-refractivity contribution in [3.05, 3.63) is 23.3 Å². The van der Waals surface area contributed by atoms with Gasteiger partial charge in [-0.15, -0.1) is 12.4 Å². The number of nitrogens with one attached hydrogen (secondary N) is 2. The van der Waals surface area contributed by atoms with Gasteiger partial charge in [0.15, 0.2) is 0 Å². The van der Waals surface area contributed by atoms with Gasteiger partial charge in [0.05, 0.1) is 13.7 Å². The smallest absolute Gasteiger partial charge is 0.244 e. The summed E-state index contributed by atoms with van der Waals surface area (Å²) in [6, 6.07) is 3.60. The predicted octanol–water partition coefficient (Wildman–Crippen LogP) is 2.03. The van der Waals surface area contributed by atoms with E-state index in [1.807, 2.05) is 13.0 Å². The standard InChI is InChI=1S/C17H28N2O4S.ClH/c1-13-9-14(2)16(15(10-13)23-4)24(20,21)19-11-17(12-22-3)5-7-18-8-6-17;/h9-10,18-19H,5-8,11-12H2,1-4H3;1H. The normalized spacial score (nSPS) is 17.0. The Hall–Kier alpha value is -0.860. The zero-order valence-corrected chi connectivity index (χ0v) is 17.0. The number of piperidine rings is 1. The van der Waals surface area contributed by atoms with E-state index in [0.717, 1.165) is 31.5 Å². The second-order valence-electron chi connectivity index (χ2n) is 6.62. The van der Waals surface area contributed by atoms with Crippen molar-refractivity contribution in [2.45, 2.75) is 31.6 Å². The van der Waals surface area contributed by atoms with E-state index in [0.29, 0.717) is 24.5 Å². The second-order valence-corrected chi connectivity index (χ2v) is 8.32. The van der Waals surface area contributed by atoms with E-state index in [1.165, 1.54) is 7.11 Å². The van der Waals surface area contributed by atoms with Gasteiger partial charge in [-0.25, -0.2) is 13.1 Å². The molecule has 144 valence electrons. The van der Waals surface area contributed by atoms with Crippen molar-refractivity contribution in [3.8, 4) is 5.75 Å². The molecule has 1 heterocycles. The summed E-state index contributed by atoms with van der Waals surface area (Å²) in [5.74, 6) is 0.381. The average Bonchev–Trinajstić information content (AvgIpc) is 2.53. The largest absolute Gasteiger partial charge is 0.495 e. The number of rotatable bonds is 7. The summed E-state index contributed by atoms with van der Waals surface area (Å²) in [6.07, 6.45) is 1.76. The van der Waals surface area contributed by atoms with Crippen molar-refractivity contribution in [3.63, 3.8) is 0 Å². The quantitative estimate of drug-likeness (QED) is 0.742. The number of halogens is 1. The zero-order chi connectivity index (χ0) is 17.8. The summed E-state index contributed by atoms with van der Waals surface area (Å²) in [5.41, 5.74) is 1.49. The summed E-state index contributed by atoms with van der Waals surface area (Å²) in [5, 5.41) is 3.31. The highest BCUT2D eigenvalue weighted by molar-refractivity contribution is 7.89. The Morgan fingerprint density at radius 1 is 1.20 bits per heavy atom. The van der Waals surface area contributed by atoms with Crippen LogP contribution in [0, 0.1) is 19.3 Å². The highest BCUT2D eigenvalue weighted by Gasteiger charge is 2.34. The first kappa shape index (κ1) is 22.2. The van der Waals surface area contributed by atoms with Crippen LogP contribution in [-0.2, 0) is 14.8 Å². The minimum absolute atomic E-state index is 0. The van der Waals surface area contributed by atoms with Crippen LogP contribution in [0.3, 0.4) is 0 Å². The van der Waals surface area contributed by atoms with E-state index in [1.54, 1.807) is 20.1 Å². The third-order valence-corrected chi connectivity index (χ3v) is 6.21. The fourth-order valence-corrected chi connectivity index (χ4v) is 4.90. The maximum Gasteiger partial charge on any atom is 0.244 e. The lowest BCUT2D eigenvalue weighted by atomic mass is 9.80. The molecule has 0 bridgehead atoms. The van der Waals surface area contributed by atoms with Gasteiger partial charge in [0.25, 0.3) is 0 Å². The number of ether oxygens (including phenoxy) is 2. The van der Waals surface area contributed by atoms with Crippen LogP contribution in [0.4, 0.5) is 0 Å². The molecule has 0 spiro atoms. The molecule has 1 aliphatic heterocycles. The van der Waals surface area contributed by atoms with Crippen LogP contribution in [0.25, 0.3) is 0 Å². The van der Waals surface area contributed by atoms with Crippen molar-refractivity contribution in [2.75, 3.05) is 40.5 Å². The topological polar surface area (TPSA) is 76.7 Å². The Bertz CT molecular complexity index is 668. The Kier molecular flexibility index (Phi) is 8.15. The van der Waals surface area contributed by atoms with Gasteiger partial charge < -0.3 is 14.8 Å². The van der Waals surface area contributed by atoms with E-state index in [-0.39, 0.29) is 22.7 Å². The summed E-state index contributed by atoms with van der Waals surface area (Å²) >= 11 is 0. The van der Waals surface area contributed by atoms with Gasteiger partial charge in [-0.05, 0) is 57.0 Å². The number of hydrogen-bond acceptors (Lipinski definition) is 5. The number of methoxy groups -OCH3 is 2. The number of sulfonamides is 1. The molecule has 1 fully saturated rings. The van der Waals surface area contributed by atoms with Gasteiger partial charge in [-0.1, -0.05) is 6.07 Å². The Morgan fingerprint density at radius 2 is 1.84 bits per heavy atom. The van der Waals surface area contributed by atoms with Crippen molar-refractivity contribution < 1.29 is 17.9 Å². The van der Waals surface area contributed by atoms with Crippen LogP contribution in [0.15, 0.2) is 17.0 Å². The third-order valence-electron chi connectivity index (χ3n) is 4.63. The maximum atomic E-state index is 12.9. The van der Waals surface area contributed by atoms with E-state index in [9.17, 15) is 8.42 Å². The molecule has 0 aliphatic carbocycles. The first-order valence-corrected chi connectivity index (χ1v) is 9.66. The highest BCUT2D eigenvalue weighted by Crippen LogP contribution is 2.31. The van der Waals surface area contributed by atoms with Crippen LogP contribution < -0.4 is 14.8 Å². The van der Waals surface area contributed by atoms with Gasteiger partial charge in [0.2, 0.25) is 10.0 Å². The SMILES string of the molecule is COCC1(CNS(=O)(=O)c2c(C)cc(C)cc2OC)CCNCC1.Cl. The van der Waals surface area contributed by atoms with Crippen molar-refractivity contribution >= 4 is 22.4 Å². The van der Waals surface area contributed by atoms with Crippen LogP contribution >= 0.6 is 12.4 Å². The fraction of sp³-hybridized carbons (Fsp3) is 0.647. The van der Waals surface area contributed by atoms with Crippen molar-refractivity contribution in [2.24, 2.45) is 5.41 Å². The molecule has 0 saturated carbocycles. The molecular weight excluding hydrogens is 364 g/mol. The van der Waals surface area contributed by atoms with Gasteiger partial charge in [0.1, 0.15) is 10.6 Å². The van der Waals surface area contributed by atoms with E-state index >= 15 is 0 Å². The van der Waals surface area contributed by atoms with E-state index < -0.39 is 10.0 Å². The lowest BCUT2D eigenvalue weighted by molar-refractivity contribution is 0.0577. The highest BCUT2D eigenvalue weighted by atomic mass is 35.5. The Morgan fingerprint density at radius 3 is 2.40 bits per heavy atom. The molecule has 1 aromatic rings. The van der Waals surface area contributed by atoms with Gasteiger partial charge in [0, 0.05) is 19.1 Å². The molecule has 0 unspecified atom stereocenters. The molecule has 0 aromatic heterocycles. The zero-order valence-electron chi connectivity index (χ0n) is 15.3. The van der Waals surface area contributed by atoms with Crippen LogP contribution in [-0.4, -0.2) is 48.9 Å². The molecule has 1 aromatic carbocycles. The van der Waals surface area contributed by atoms with Crippen molar-refractivity contribution in [1.29, 1.82) is 0 Å². The van der Waals surface area contributed by atoms with Crippen molar-refractivity contribution in [1.82, 2.24) is 10.0 Å². The molecule has 1 aliphatic rings. The summed E-state index contributed by atoms with van der Waals surface area (Å²) < 4.78 is 39.2. The van der Waals surface area contributed by atoms with E-state index in [4.69, 9.17) is 9.47 Å². The maximum absolute atomic E-state index is 12.9. The average molecular weight is 393 g/mol. The monoisotopic (exact) mass is 392 g/mol. The molecule has 1 saturated heterocycles. The lowest BCUT2D eigenvalue weighted by Crippen LogP contribution is -2.47. The van der Waals surface area contributed by atoms with E-state index in [2.05, 4.69) is 10.0 Å². The molecule has 6 nitrogen and oxygen atoms in total.